The molecule has 0 amide bonds. The molecule has 25 heavy (non-hydrogen) atoms. The van der Waals surface area contributed by atoms with E-state index < -0.39 is 11.9 Å². The molecule has 0 aliphatic rings. The summed E-state index contributed by atoms with van der Waals surface area (Å²) < 4.78 is 25.4. The van der Waals surface area contributed by atoms with Crippen LogP contribution in [0.1, 0.15) is 12.5 Å². The van der Waals surface area contributed by atoms with Crippen LogP contribution in [0.4, 0.5) is 0 Å². The highest BCUT2D eigenvalue weighted by Gasteiger charge is 2.12. The first kappa shape index (κ1) is 20.1. The summed E-state index contributed by atoms with van der Waals surface area (Å²) in [5, 5.41) is 0. The predicted octanol–water partition coefficient (Wildman–Crippen LogP) is 2.39. The van der Waals surface area contributed by atoms with Crippen LogP contribution in [0.25, 0.3) is 6.08 Å². The summed E-state index contributed by atoms with van der Waals surface area (Å²) in [4.78, 5) is 22.8. The number of carbonyl (C=O) groups is 2. The average Bonchev–Trinajstić information content (AvgIpc) is 2.61. The first-order valence-electron chi connectivity index (χ1n) is 7.40. The second-order valence-electron chi connectivity index (χ2n) is 4.88. The zero-order valence-corrected chi connectivity index (χ0v) is 14.8. The summed E-state index contributed by atoms with van der Waals surface area (Å²) in [6, 6.07) is 3.39. The number of benzene rings is 1. The van der Waals surface area contributed by atoms with Crippen LogP contribution in [0.2, 0.25) is 0 Å². The van der Waals surface area contributed by atoms with Gasteiger partial charge in [-0.15, -0.1) is 0 Å². The van der Waals surface area contributed by atoms with Gasteiger partial charge in [0.15, 0.2) is 11.5 Å². The first-order chi connectivity index (χ1) is 11.9. The van der Waals surface area contributed by atoms with E-state index in [1.165, 1.54) is 34.3 Å². The molecule has 1 aromatic rings. The molecule has 0 fully saturated rings. The molecule has 0 heterocycles. The molecule has 7 nitrogen and oxygen atoms in total. The largest absolute Gasteiger partial charge is 0.493 e. The fourth-order valence-electron chi connectivity index (χ4n) is 1.81. The zero-order chi connectivity index (χ0) is 18.8. The number of carbonyl (C=O) groups excluding carboxylic acids is 2. The van der Waals surface area contributed by atoms with Crippen LogP contribution in [0.15, 0.2) is 30.4 Å². The molecule has 1 rings (SSSR count). The van der Waals surface area contributed by atoms with Gasteiger partial charge in [0, 0.05) is 11.6 Å². The van der Waals surface area contributed by atoms with Crippen LogP contribution in [0, 0.1) is 0 Å². The molecule has 0 aliphatic heterocycles. The highest BCUT2D eigenvalue weighted by Crippen LogP contribution is 2.38. The van der Waals surface area contributed by atoms with Crippen LogP contribution in [0.5, 0.6) is 17.2 Å². The third-order valence-corrected chi connectivity index (χ3v) is 3.01. The highest BCUT2D eigenvalue weighted by atomic mass is 16.6. The molecule has 136 valence electrons. The van der Waals surface area contributed by atoms with Crippen molar-refractivity contribution in [1.82, 2.24) is 0 Å². The highest BCUT2D eigenvalue weighted by molar-refractivity contribution is 5.88. The third kappa shape index (κ3) is 6.21. The Kier molecular flexibility index (Phi) is 8.05. The van der Waals surface area contributed by atoms with Crippen molar-refractivity contribution < 1.29 is 33.3 Å². The lowest BCUT2D eigenvalue weighted by molar-refractivity contribution is -0.146. The maximum atomic E-state index is 11.7. The Morgan fingerprint density at radius 1 is 1.00 bits per heavy atom. The molecular weight excluding hydrogens is 328 g/mol. The minimum Gasteiger partial charge on any atom is -0.493 e. The molecule has 0 atom stereocenters. The Hall–Kier alpha value is -2.96. The average molecular weight is 350 g/mol. The molecule has 0 aliphatic carbocycles. The van der Waals surface area contributed by atoms with Gasteiger partial charge in [-0.05, 0) is 30.7 Å². The molecular formula is C18H22O7. The summed E-state index contributed by atoms with van der Waals surface area (Å²) in [5.74, 6) is 0.316. The molecule has 0 N–H and O–H groups in total. The van der Waals surface area contributed by atoms with Crippen molar-refractivity contribution in [2.75, 3.05) is 34.5 Å². The van der Waals surface area contributed by atoms with Gasteiger partial charge in [0.2, 0.25) is 5.75 Å². The molecule has 0 spiro atoms. The van der Waals surface area contributed by atoms with Crippen LogP contribution >= 0.6 is 0 Å². The molecule has 0 unspecified atom stereocenters. The van der Waals surface area contributed by atoms with Gasteiger partial charge >= 0.3 is 11.9 Å². The van der Waals surface area contributed by atoms with E-state index in [2.05, 4.69) is 6.58 Å². The molecule has 0 saturated heterocycles. The van der Waals surface area contributed by atoms with Gasteiger partial charge in [0.1, 0.15) is 13.2 Å². The van der Waals surface area contributed by atoms with E-state index >= 15 is 0 Å². The van der Waals surface area contributed by atoms with Gasteiger partial charge in [-0.3, -0.25) is 0 Å². The Labute approximate surface area is 146 Å². The van der Waals surface area contributed by atoms with E-state index in [0.717, 1.165) is 0 Å². The van der Waals surface area contributed by atoms with Gasteiger partial charge < -0.3 is 23.7 Å². The van der Waals surface area contributed by atoms with E-state index in [1.807, 2.05) is 0 Å². The number of hydrogen-bond donors (Lipinski definition) is 0. The summed E-state index contributed by atoms with van der Waals surface area (Å²) in [5.41, 5.74) is 0.953. The van der Waals surface area contributed by atoms with Crippen LogP contribution in [0.3, 0.4) is 0 Å². The van der Waals surface area contributed by atoms with Gasteiger partial charge in [-0.25, -0.2) is 9.59 Å². The Morgan fingerprint density at radius 2 is 1.56 bits per heavy atom. The Bertz CT molecular complexity index is 636. The van der Waals surface area contributed by atoms with Gasteiger partial charge in [0.25, 0.3) is 0 Å². The number of rotatable bonds is 9. The lowest BCUT2D eigenvalue weighted by Gasteiger charge is -2.12. The summed E-state index contributed by atoms with van der Waals surface area (Å²) in [6.45, 7) is 4.91. The van der Waals surface area contributed by atoms with Crippen molar-refractivity contribution in [3.63, 3.8) is 0 Å². The van der Waals surface area contributed by atoms with Crippen LogP contribution < -0.4 is 14.2 Å². The lowest BCUT2D eigenvalue weighted by atomic mass is 10.1. The molecule has 7 heteroatoms. The summed E-state index contributed by atoms with van der Waals surface area (Å²) in [7, 11) is 4.52. The smallest absolute Gasteiger partial charge is 0.333 e. The van der Waals surface area contributed by atoms with E-state index in [-0.39, 0.29) is 18.8 Å². The van der Waals surface area contributed by atoms with Crippen LogP contribution in [-0.2, 0) is 19.1 Å². The van der Waals surface area contributed by atoms with E-state index in [1.54, 1.807) is 18.2 Å². The fraction of sp³-hybridized carbons (Fsp3) is 0.333. The standard InChI is InChI=1S/C18H22O7/c1-12(2)18(20)25-9-8-24-16(19)7-6-13-10-14(21-3)17(23-5)15(11-13)22-4/h6-7,10-11H,1,8-9H2,2-5H3/b7-6+. The molecule has 0 saturated carbocycles. The number of hydrogen-bond acceptors (Lipinski definition) is 7. The third-order valence-electron chi connectivity index (χ3n) is 3.01. The molecule has 0 radical (unpaired) electrons. The maximum absolute atomic E-state index is 11.7. The van der Waals surface area contributed by atoms with Crippen molar-refractivity contribution in [3.05, 3.63) is 35.9 Å². The van der Waals surface area contributed by atoms with Crippen molar-refractivity contribution in [3.8, 4) is 17.2 Å². The first-order valence-corrected chi connectivity index (χ1v) is 7.40. The molecule has 0 aromatic heterocycles. The second-order valence-corrected chi connectivity index (χ2v) is 4.88. The van der Waals surface area contributed by atoms with Crippen molar-refractivity contribution >= 4 is 18.0 Å². The summed E-state index contributed by atoms with van der Waals surface area (Å²) in [6.07, 6.45) is 2.80. The lowest BCUT2D eigenvalue weighted by Crippen LogP contribution is -2.12. The zero-order valence-electron chi connectivity index (χ0n) is 14.8. The fourth-order valence-corrected chi connectivity index (χ4v) is 1.81. The van der Waals surface area contributed by atoms with Gasteiger partial charge in [0.05, 0.1) is 21.3 Å². The quantitative estimate of drug-likeness (QED) is 0.384. The van der Waals surface area contributed by atoms with Crippen molar-refractivity contribution in [1.29, 1.82) is 0 Å². The number of methoxy groups -OCH3 is 3. The van der Waals surface area contributed by atoms with Crippen LogP contribution in [-0.4, -0.2) is 46.5 Å². The minimum absolute atomic E-state index is 0.0323. The van der Waals surface area contributed by atoms with Crippen molar-refractivity contribution in [2.45, 2.75) is 6.92 Å². The Balaban J connectivity index is 2.64. The van der Waals surface area contributed by atoms with Crippen molar-refractivity contribution in [2.24, 2.45) is 0 Å². The SMILES string of the molecule is C=C(C)C(=O)OCCOC(=O)/C=C/c1cc(OC)c(OC)c(OC)c1. The predicted molar refractivity (Wildman–Crippen MR) is 91.9 cm³/mol. The second kappa shape index (κ2) is 10.0. The Morgan fingerprint density at radius 3 is 2.04 bits per heavy atom. The molecule has 1 aromatic carbocycles. The minimum atomic E-state index is -0.569. The number of ether oxygens (including phenoxy) is 5. The van der Waals surface area contributed by atoms with E-state index in [4.69, 9.17) is 23.7 Å². The summed E-state index contributed by atoms with van der Waals surface area (Å²) >= 11 is 0. The topological polar surface area (TPSA) is 80.3 Å². The maximum Gasteiger partial charge on any atom is 0.333 e. The monoisotopic (exact) mass is 350 g/mol. The van der Waals surface area contributed by atoms with E-state index in [9.17, 15) is 9.59 Å². The normalized spacial score (nSPS) is 10.2. The van der Waals surface area contributed by atoms with Gasteiger partial charge in [-0.1, -0.05) is 6.58 Å². The van der Waals surface area contributed by atoms with E-state index in [0.29, 0.717) is 22.8 Å². The number of esters is 2. The molecule has 0 bridgehead atoms. The van der Waals surface area contributed by atoms with Gasteiger partial charge in [-0.2, -0.15) is 0 Å².